The number of carbonyl (C=O) groups is 4. The molecule has 180 valence electrons. The molecule has 2 aliphatic rings. The minimum absolute atomic E-state index is 0.0209. The number of carboxylic acids is 2. The molecular weight excluding hydrogens is 545 g/mol. The maximum Gasteiger partial charge on any atom is 0.352 e. The van der Waals surface area contributed by atoms with Crippen molar-refractivity contribution in [3.05, 3.63) is 22.3 Å². The number of nitrogens with zero attached hydrogens (tertiary/aromatic N) is 4. The number of anilines is 1. The van der Waals surface area contributed by atoms with Gasteiger partial charge in [-0.05, 0) is 5.57 Å². The molecule has 2 atom stereocenters. The highest BCUT2D eigenvalue weighted by molar-refractivity contribution is 8.03. The van der Waals surface area contributed by atoms with Crippen LogP contribution in [0, 0.1) is 0 Å². The summed E-state index contributed by atoms with van der Waals surface area (Å²) < 4.78 is 1.08. The monoisotopic (exact) mass is 560 g/mol. The molecule has 0 bridgehead atoms. The fourth-order valence-corrected chi connectivity index (χ4v) is 7.96. The zero-order valence-electron chi connectivity index (χ0n) is 17.0. The van der Waals surface area contributed by atoms with Crippen LogP contribution in [0.15, 0.2) is 25.3 Å². The second kappa shape index (κ2) is 10.5. The van der Waals surface area contributed by atoms with Gasteiger partial charge in [0.05, 0.1) is 17.9 Å². The van der Waals surface area contributed by atoms with Crippen molar-refractivity contribution in [2.24, 2.45) is 0 Å². The van der Waals surface area contributed by atoms with Gasteiger partial charge in [-0.15, -0.1) is 33.3 Å². The molecule has 2 aliphatic heterocycles. The third-order valence-electron chi connectivity index (χ3n) is 4.55. The average Bonchev–Trinajstić information content (AvgIpc) is 3.42. The molecule has 34 heavy (non-hydrogen) atoms. The number of nitrogen functional groups attached to an aromatic ring is 1. The van der Waals surface area contributed by atoms with Gasteiger partial charge < -0.3 is 21.3 Å². The van der Waals surface area contributed by atoms with Crippen LogP contribution >= 0.6 is 58.0 Å². The van der Waals surface area contributed by atoms with E-state index in [1.54, 1.807) is 5.38 Å². The van der Waals surface area contributed by atoms with E-state index in [1.165, 1.54) is 51.1 Å². The Labute approximate surface area is 212 Å². The minimum Gasteiger partial charge on any atom is -0.481 e. The standard InChI is InChI=1S/C17H16N6O6S5/c18-15-19-7(4-31-15)1-8(24)20-10-12(27)23-11(14(28)29)6(2-30-13(10)23)3-32-16-21-22-17(34-16)33-5-9(25)26/h4,10,13H,1-3,5H2,(H2,18,19)(H,20,24)(H,25,26)(H,28,29)/t10?,13-/m1/s1. The van der Waals surface area contributed by atoms with Crippen molar-refractivity contribution in [2.75, 3.05) is 23.0 Å². The summed E-state index contributed by atoms with van der Waals surface area (Å²) >= 11 is 6.15. The molecule has 5 N–H and O–H groups in total. The van der Waals surface area contributed by atoms with E-state index in [0.717, 1.165) is 11.8 Å². The van der Waals surface area contributed by atoms with Crippen LogP contribution in [0.25, 0.3) is 0 Å². The Hall–Kier alpha value is -2.34. The van der Waals surface area contributed by atoms with Gasteiger partial charge in [-0.3, -0.25) is 19.3 Å². The number of nitrogens with two attached hydrogens (primary N) is 1. The van der Waals surface area contributed by atoms with Crippen molar-refractivity contribution < 1.29 is 29.4 Å². The second-order valence-corrected chi connectivity index (χ2v) is 12.3. The van der Waals surface area contributed by atoms with Crippen LogP contribution in [0.5, 0.6) is 0 Å². The Balaban J connectivity index is 1.38. The number of rotatable bonds is 10. The summed E-state index contributed by atoms with van der Waals surface area (Å²) in [5.41, 5.74) is 6.55. The molecule has 1 unspecified atom stereocenters. The number of hydrogen-bond acceptors (Lipinski definition) is 13. The molecule has 0 saturated carbocycles. The first-order chi connectivity index (χ1) is 16.2. The number of β-lactam (4-membered cyclic amide) rings is 1. The fraction of sp³-hybridized carbons (Fsp3) is 0.353. The smallest absolute Gasteiger partial charge is 0.352 e. The van der Waals surface area contributed by atoms with E-state index in [-0.39, 0.29) is 29.5 Å². The Morgan fingerprint density at radius 3 is 2.62 bits per heavy atom. The molecule has 1 fully saturated rings. The third-order valence-corrected chi connectivity index (χ3v) is 9.88. The summed E-state index contributed by atoms with van der Waals surface area (Å²) in [4.78, 5) is 53.0. The van der Waals surface area contributed by atoms with Crippen LogP contribution in [-0.4, -0.2) is 82.7 Å². The predicted octanol–water partition coefficient (Wildman–Crippen LogP) is 0.827. The first-order valence-corrected chi connectivity index (χ1v) is 14.1. The molecule has 2 amide bonds. The lowest BCUT2D eigenvalue weighted by Crippen LogP contribution is -2.70. The van der Waals surface area contributed by atoms with Gasteiger partial charge in [0, 0.05) is 16.9 Å². The van der Waals surface area contributed by atoms with Gasteiger partial charge in [-0.2, -0.15) is 0 Å². The van der Waals surface area contributed by atoms with Crippen LogP contribution in [0.2, 0.25) is 0 Å². The molecule has 0 radical (unpaired) electrons. The van der Waals surface area contributed by atoms with Crippen molar-refractivity contribution in [1.29, 1.82) is 0 Å². The SMILES string of the molecule is Nc1nc(CC(=O)NC2C(=O)N3C(C(=O)O)=C(CSc4nnc(SCC(=O)O)s4)CS[C@H]23)cs1. The summed E-state index contributed by atoms with van der Waals surface area (Å²) in [5.74, 6) is -2.51. The van der Waals surface area contributed by atoms with E-state index >= 15 is 0 Å². The lowest BCUT2D eigenvalue weighted by Gasteiger charge is -2.49. The molecule has 4 rings (SSSR count). The molecule has 0 aliphatic carbocycles. The van der Waals surface area contributed by atoms with Crippen molar-refractivity contribution in [1.82, 2.24) is 25.4 Å². The maximum atomic E-state index is 12.7. The van der Waals surface area contributed by atoms with Gasteiger partial charge in [-0.1, -0.05) is 34.9 Å². The van der Waals surface area contributed by atoms with E-state index < -0.39 is 29.3 Å². The molecule has 4 heterocycles. The number of amides is 2. The molecule has 12 nitrogen and oxygen atoms in total. The molecule has 2 aromatic rings. The highest BCUT2D eigenvalue weighted by Crippen LogP contribution is 2.42. The van der Waals surface area contributed by atoms with Gasteiger partial charge in [0.1, 0.15) is 17.1 Å². The van der Waals surface area contributed by atoms with Crippen molar-refractivity contribution in [3.63, 3.8) is 0 Å². The molecular formula is C17H16N6O6S5. The number of carboxylic acid groups (broad SMARTS) is 2. The summed E-state index contributed by atoms with van der Waals surface area (Å²) in [6.45, 7) is 0. The Kier molecular flexibility index (Phi) is 7.66. The van der Waals surface area contributed by atoms with Crippen molar-refractivity contribution in [3.8, 4) is 0 Å². The molecule has 0 spiro atoms. The lowest BCUT2D eigenvalue weighted by molar-refractivity contribution is -0.150. The topological polar surface area (TPSA) is 189 Å². The van der Waals surface area contributed by atoms with Crippen molar-refractivity contribution >= 4 is 86.8 Å². The van der Waals surface area contributed by atoms with Crippen LogP contribution in [0.1, 0.15) is 5.69 Å². The van der Waals surface area contributed by atoms with Crippen LogP contribution in [0.3, 0.4) is 0 Å². The number of carbonyl (C=O) groups excluding carboxylic acids is 2. The quantitative estimate of drug-likeness (QED) is 0.236. The lowest BCUT2D eigenvalue weighted by atomic mass is 10.0. The third kappa shape index (κ3) is 5.48. The zero-order chi connectivity index (χ0) is 24.4. The van der Waals surface area contributed by atoms with Crippen LogP contribution in [0.4, 0.5) is 5.13 Å². The molecule has 17 heteroatoms. The summed E-state index contributed by atoms with van der Waals surface area (Å²) in [7, 11) is 0. The number of nitrogens with one attached hydrogen (secondary N) is 1. The van der Waals surface area contributed by atoms with E-state index in [9.17, 15) is 24.3 Å². The number of thiazole rings is 1. The van der Waals surface area contributed by atoms with E-state index in [0.29, 0.717) is 30.8 Å². The highest BCUT2D eigenvalue weighted by atomic mass is 32.2. The van der Waals surface area contributed by atoms with Gasteiger partial charge in [0.15, 0.2) is 13.8 Å². The fourth-order valence-electron chi connectivity index (χ4n) is 3.17. The minimum atomic E-state index is -1.22. The predicted molar refractivity (Wildman–Crippen MR) is 129 cm³/mol. The number of aromatic nitrogens is 3. The van der Waals surface area contributed by atoms with Gasteiger partial charge in [-0.25, -0.2) is 9.78 Å². The van der Waals surface area contributed by atoms with E-state index in [1.807, 2.05) is 0 Å². The van der Waals surface area contributed by atoms with Crippen LogP contribution in [-0.2, 0) is 25.6 Å². The van der Waals surface area contributed by atoms with Crippen LogP contribution < -0.4 is 11.1 Å². The average molecular weight is 561 g/mol. The molecule has 0 aromatic carbocycles. The van der Waals surface area contributed by atoms with Gasteiger partial charge in [0.25, 0.3) is 5.91 Å². The first kappa shape index (κ1) is 24.8. The number of fused-ring (bicyclic) bond motifs is 1. The second-order valence-electron chi connectivity index (χ2n) is 6.87. The number of hydrogen-bond donors (Lipinski definition) is 4. The summed E-state index contributed by atoms with van der Waals surface area (Å²) in [5, 5.41) is 30.6. The summed E-state index contributed by atoms with van der Waals surface area (Å²) in [6.07, 6.45) is -0.0209. The Morgan fingerprint density at radius 1 is 1.24 bits per heavy atom. The summed E-state index contributed by atoms with van der Waals surface area (Å²) in [6, 6.07) is -0.811. The van der Waals surface area contributed by atoms with E-state index in [2.05, 4.69) is 20.5 Å². The van der Waals surface area contributed by atoms with Gasteiger partial charge in [0.2, 0.25) is 5.91 Å². The maximum absolute atomic E-state index is 12.7. The number of aliphatic carboxylic acids is 2. The first-order valence-electron chi connectivity index (χ1n) is 9.43. The Bertz CT molecular complexity index is 1180. The van der Waals surface area contributed by atoms with E-state index in [4.69, 9.17) is 10.8 Å². The normalized spacial score (nSPS) is 19.5. The number of thioether (sulfide) groups is 3. The van der Waals surface area contributed by atoms with Crippen molar-refractivity contribution in [2.45, 2.75) is 26.5 Å². The Morgan fingerprint density at radius 2 is 1.97 bits per heavy atom. The highest BCUT2D eigenvalue weighted by Gasteiger charge is 2.54. The largest absolute Gasteiger partial charge is 0.481 e. The van der Waals surface area contributed by atoms with Gasteiger partial charge >= 0.3 is 11.9 Å². The molecule has 1 saturated heterocycles. The molecule has 2 aromatic heterocycles. The zero-order valence-corrected chi connectivity index (χ0v) is 21.1.